The van der Waals surface area contributed by atoms with Gasteiger partial charge in [-0.2, -0.15) is 0 Å². The molecular formula is C17H15NO2S. The van der Waals surface area contributed by atoms with E-state index in [0.717, 1.165) is 21.2 Å². The number of hydrogen-bond acceptors (Lipinski definition) is 3. The van der Waals surface area contributed by atoms with E-state index in [1.165, 1.54) is 0 Å². The fourth-order valence-corrected chi connectivity index (χ4v) is 3.21. The van der Waals surface area contributed by atoms with Gasteiger partial charge in [0.1, 0.15) is 0 Å². The van der Waals surface area contributed by atoms with E-state index in [9.17, 15) is 4.79 Å². The molecule has 0 spiro atoms. The van der Waals surface area contributed by atoms with Crippen molar-refractivity contribution < 1.29 is 9.90 Å². The zero-order valence-corrected chi connectivity index (χ0v) is 12.2. The largest absolute Gasteiger partial charge is 0.392 e. The zero-order valence-electron chi connectivity index (χ0n) is 11.4. The van der Waals surface area contributed by atoms with E-state index < -0.39 is 0 Å². The highest BCUT2D eigenvalue weighted by Gasteiger charge is 2.11. The molecule has 0 saturated heterocycles. The summed E-state index contributed by atoms with van der Waals surface area (Å²) in [4.78, 5) is 12.3. The van der Waals surface area contributed by atoms with E-state index in [-0.39, 0.29) is 12.5 Å². The highest BCUT2D eigenvalue weighted by Crippen LogP contribution is 2.25. The molecular weight excluding hydrogens is 282 g/mol. The second kappa shape index (κ2) is 6.08. The number of benzene rings is 2. The van der Waals surface area contributed by atoms with Crippen LogP contribution in [0.1, 0.15) is 21.5 Å². The van der Waals surface area contributed by atoms with Gasteiger partial charge in [0.05, 0.1) is 12.2 Å². The third kappa shape index (κ3) is 2.96. The Morgan fingerprint density at radius 1 is 1.10 bits per heavy atom. The Kier molecular flexibility index (Phi) is 3.99. The fraction of sp³-hybridized carbons (Fsp3) is 0.118. The molecule has 3 rings (SSSR count). The Morgan fingerprint density at radius 3 is 2.76 bits per heavy atom. The molecule has 0 fully saturated rings. The van der Waals surface area contributed by atoms with Crippen LogP contribution in [0.5, 0.6) is 0 Å². The highest BCUT2D eigenvalue weighted by atomic mass is 32.1. The first-order valence-corrected chi connectivity index (χ1v) is 7.59. The number of hydrogen-bond donors (Lipinski definition) is 2. The topological polar surface area (TPSA) is 49.3 Å². The third-order valence-electron chi connectivity index (χ3n) is 3.35. The highest BCUT2D eigenvalue weighted by molar-refractivity contribution is 7.17. The summed E-state index contributed by atoms with van der Waals surface area (Å²) in [6.45, 7) is 0.466. The first kappa shape index (κ1) is 13.8. The van der Waals surface area contributed by atoms with Crippen molar-refractivity contribution in [2.45, 2.75) is 13.2 Å². The first-order valence-electron chi connectivity index (χ1n) is 6.71. The second-order valence-electron chi connectivity index (χ2n) is 4.81. The lowest BCUT2D eigenvalue weighted by molar-refractivity contribution is 0.0953. The van der Waals surface area contributed by atoms with Gasteiger partial charge in [0.15, 0.2) is 0 Å². The Bertz CT molecular complexity index is 779. The number of aliphatic hydroxyl groups excluding tert-OH is 1. The summed E-state index contributed by atoms with van der Waals surface area (Å²) in [6.07, 6.45) is 0. The summed E-state index contributed by atoms with van der Waals surface area (Å²) in [5.41, 5.74) is 2.55. The number of fused-ring (bicyclic) bond motifs is 1. The lowest BCUT2D eigenvalue weighted by Crippen LogP contribution is -2.22. The first-order chi connectivity index (χ1) is 10.3. The van der Waals surface area contributed by atoms with E-state index in [1.807, 2.05) is 53.9 Å². The van der Waals surface area contributed by atoms with Gasteiger partial charge in [0.25, 0.3) is 5.91 Å². The summed E-state index contributed by atoms with van der Waals surface area (Å²) in [5.74, 6) is -0.0677. The van der Waals surface area contributed by atoms with Gasteiger partial charge in [-0.3, -0.25) is 4.79 Å². The van der Waals surface area contributed by atoms with Crippen molar-refractivity contribution in [3.63, 3.8) is 0 Å². The minimum atomic E-state index is -0.0677. The molecule has 1 amide bonds. The minimum Gasteiger partial charge on any atom is -0.392 e. The second-order valence-corrected chi connectivity index (χ2v) is 5.72. The van der Waals surface area contributed by atoms with Crippen LogP contribution in [0, 0.1) is 0 Å². The standard InChI is InChI=1S/C17H15NO2S/c19-10-13-5-3-4-12(8-13)9-18-17(20)15-11-21-16-7-2-1-6-14(15)16/h1-8,11,19H,9-10H2,(H,18,20). The number of aliphatic hydroxyl groups is 1. The van der Waals surface area contributed by atoms with Crippen LogP contribution in [0.25, 0.3) is 10.1 Å². The van der Waals surface area contributed by atoms with E-state index in [0.29, 0.717) is 12.1 Å². The number of thiophene rings is 1. The van der Waals surface area contributed by atoms with Gasteiger partial charge >= 0.3 is 0 Å². The number of carbonyl (C=O) groups excluding carboxylic acids is 1. The monoisotopic (exact) mass is 297 g/mol. The molecule has 3 nitrogen and oxygen atoms in total. The number of rotatable bonds is 4. The molecule has 4 heteroatoms. The van der Waals surface area contributed by atoms with Crippen molar-refractivity contribution in [3.8, 4) is 0 Å². The SMILES string of the molecule is O=C(NCc1cccc(CO)c1)c1csc2ccccc12. The van der Waals surface area contributed by atoms with Gasteiger partial charge in [-0.1, -0.05) is 42.5 Å². The molecule has 0 radical (unpaired) electrons. The third-order valence-corrected chi connectivity index (χ3v) is 4.32. The molecule has 21 heavy (non-hydrogen) atoms. The summed E-state index contributed by atoms with van der Waals surface area (Å²) in [5, 5.41) is 14.9. The molecule has 0 unspecified atom stereocenters. The average Bonchev–Trinajstić information content (AvgIpc) is 2.97. The number of nitrogens with one attached hydrogen (secondary N) is 1. The Labute approximate surface area is 126 Å². The van der Waals surface area contributed by atoms with Crippen LogP contribution in [-0.2, 0) is 13.2 Å². The summed E-state index contributed by atoms with van der Waals surface area (Å²) < 4.78 is 1.12. The Balaban J connectivity index is 1.74. The van der Waals surface area contributed by atoms with Crippen molar-refractivity contribution >= 4 is 27.3 Å². The fourth-order valence-electron chi connectivity index (χ4n) is 2.27. The Morgan fingerprint density at radius 2 is 1.90 bits per heavy atom. The van der Waals surface area contributed by atoms with Crippen LogP contribution in [0.4, 0.5) is 0 Å². The van der Waals surface area contributed by atoms with Gasteiger partial charge in [0.2, 0.25) is 0 Å². The molecule has 1 heterocycles. The molecule has 2 aromatic carbocycles. The number of amides is 1. The van der Waals surface area contributed by atoms with Gasteiger partial charge in [-0.15, -0.1) is 11.3 Å². The lowest BCUT2D eigenvalue weighted by Gasteiger charge is -2.06. The zero-order chi connectivity index (χ0) is 14.7. The van der Waals surface area contributed by atoms with Crippen LogP contribution in [0.2, 0.25) is 0 Å². The van der Waals surface area contributed by atoms with Gasteiger partial charge in [-0.25, -0.2) is 0 Å². The predicted octanol–water partition coefficient (Wildman–Crippen LogP) is 3.32. The molecule has 0 saturated carbocycles. The normalized spacial score (nSPS) is 10.7. The quantitative estimate of drug-likeness (QED) is 0.776. The van der Waals surface area contributed by atoms with Gasteiger partial charge in [-0.05, 0) is 17.2 Å². The van der Waals surface area contributed by atoms with Gasteiger partial charge in [0, 0.05) is 22.0 Å². The van der Waals surface area contributed by atoms with Crippen LogP contribution in [0.3, 0.4) is 0 Å². The van der Waals surface area contributed by atoms with Crippen molar-refractivity contribution in [1.82, 2.24) is 5.32 Å². The van der Waals surface area contributed by atoms with Gasteiger partial charge < -0.3 is 10.4 Å². The molecule has 1 aromatic heterocycles. The van der Waals surface area contributed by atoms with E-state index in [4.69, 9.17) is 5.11 Å². The molecule has 0 bridgehead atoms. The van der Waals surface area contributed by atoms with Crippen molar-refractivity contribution in [2.24, 2.45) is 0 Å². The van der Waals surface area contributed by atoms with Crippen LogP contribution >= 0.6 is 11.3 Å². The summed E-state index contributed by atoms with van der Waals surface area (Å²) in [6, 6.07) is 15.5. The molecule has 0 aliphatic rings. The summed E-state index contributed by atoms with van der Waals surface area (Å²) in [7, 11) is 0. The summed E-state index contributed by atoms with van der Waals surface area (Å²) >= 11 is 1.58. The number of carbonyl (C=O) groups is 1. The maximum absolute atomic E-state index is 12.3. The molecule has 0 atom stereocenters. The van der Waals surface area contributed by atoms with E-state index >= 15 is 0 Å². The Hall–Kier alpha value is -2.17. The minimum absolute atomic E-state index is 0.0109. The van der Waals surface area contributed by atoms with E-state index in [1.54, 1.807) is 11.3 Å². The molecule has 2 N–H and O–H groups in total. The van der Waals surface area contributed by atoms with E-state index in [2.05, 4.69) is 5.32 Å². The predicted molar refractivity (Wildman–Crippen MR) is 85.4 cm³/mol. The molecule has 106 valence electrons. The van der Waals surface area contributed by atoms with Crippen LogP contribution in [-0.4, -0.2) is 11.0 Å². The van der Waals surface area contributed by atoms with Crippen molar-refractivity contribution in [1.29, 1.82) is 0 Å². The van der Waals surface area contributed by atoms with Crippen molar-refractivity contribution in [3.05, 3.63) is 70.6 Å². The molecule has 0 aliphatic heterocycles. The molecule has 0 aliphatic carbocycles. The van der Waals surface area contributed by atoms with Crippen LogP contribution in [0.15, 0.2) is 53.9 Å². The maximum Gasteiger partial charge on any atom is 0.253 e. The smallest absolute Gasteiger partial charge is 0.253 e. The van der Waals surface area contributed by atoms with Crippen LogP contribution < -0.4 is 5.32 Å². The molecule has 3 aromatic rings. The van der Waals surface area contributed by atoms with Crippen molar-refractivity contribution in [2.75, 3.05) is 0 Å². The lowest BCUT2D eigenvalue weighted by atomic mass is 10.1. The average molecular weight is 297 g/mol. The maximum atomic E-state index is 12.3.